The first kappa shape index (κ1) is 22.3. The number of aliphatic hydroxyl groups is 1. The van der Waals surface area contributed by atoms with E-state index in [1.807, 2.05) is 16.7 Å². The largest absolute Gasteiger partial charge is 0.396 e. The monoisotopic (exact) mass is 459 g/mol. The molecule has 1 aliphatic heterocycles. The number of amides is 1. The van der Waals surface area contributed by atoms with E-state index in [0.717, 1.165) is 12.1 Å². The molecule has 2 aliphatic rings. The van der Waals surface area contributed by atoms with Gasteiger partial charge in [-0.1, -0.05) is 24.3 Å². The Morgan fingerprint density at radius 2 is 1.97 bits per heavy atom. The highest BCUT2D eigenvalue weighted by Gasteiger charge is 2.31. The van der Waals surface area contributed by atoms with Crippen LogP contribution in [0.25, 0.3) is 21.9 Å². The normalized spacial score (nSPS) is 17.7. The van der Waals surface area contributed by atoms with Crippen molar-refractivity contribution >= 4 is 11.6 Å². The summed E-state index contributed by atoms with van der Waals surface area (Å²) < 4.78 is 16.4. The van der Waals surface area contributed by atoms with Crippen LogP contribution in [0.3, 0.4) is 0 Å². The molecule has 1 saturated carbocycles. The van der Waals surface area contributed by atoms with Crippen LogP contribution in [0, 0.1) is 12.4 Å². The molecule has 1 amide bonds. The summed E-state index contributed by atoms with van der Waals surface area (Å²) in [5, 5.41) is 9.84. The van der Waals surface area contributed by atoms with Crippen molar-refractivity contribution in [1.82, 2.24) is 14.5 Å². The lowest BCUT2D eigenvalue weighted by atomic mass is 10.1. The van der Waals surface area contributed by atoms with E-state index in [1.165, 1.54) is 30.5 Å². The molecule has 3 N–H and O–H groups in total. The van der Waals surface area contributed by atoms with Crippen LogP contribution in [0.2, 0.25) is 0 Å². The minimum atomic E-state index is -0.645. The Labute approximate surface area is 197 Å². The Morgan fingerprint density at radius 3 is 2.56 bits per heavy atom. The van der Waals surface area contributed by atoms with Gasteiger partial charge < -0.3 is 15.7 Å². The number of aliphatic hydroxyl groups excluding tert-OH is 1. The van der Waals surface area contributed by atoms with Crippen LogP contribution in [0.1, 0.15) is 46.9 Å². The average molecular weight is 460 g/mol. The number of nitrogens with two attached hydrogens (primary N) is 1. The molecule has 2 aromatic carbocycles. The maximum atomic E-state index is 14.5. The molecule has 2 fully saturated rings. The van der Waals surface area contributed by atoms with E-state index in [-0.39, 0.29) is 36.4 Å². The Hall–Kier alpha value is -3.54. The number of carbonyl (C=O) groups is 1. The number of likely N-dealkylation sites (tertiary alicyclic amines) is 1. The number of nitrogens with zero attached hydrogens (tertiary/aromatic N) is 4. The summed E-state index contributed by atoms with van der Waals surface area (Å²) in [5.41, 5.74) is 9.24. The minimum Gasteiger partial charge on any atom is -0.396 e. The third kappa shape index (κ3) is 4.09. The lowest BCUT2D eigenvalue weighted by molar-refractivity contribution is 0.0784. The molecule has 3 aromatic rings. The highest BCUT2D eigenvalue weighted by molar-refractivity contribution is 5.95. The molecule has 34 heavy (non-hydrogen) atoms. The van der Waals surface area contributed by atoms with Crippen molar-refractivity contribution < 1.29 is 14.3 Å². The summed E-state index contributed by atoms with van der Waals surface area (Å²) in [6.45, 7) is 7.96. The van der Waals surface area contributed by atoms with Gasteiger partial charge in [-0.15, -0.1) is 0 Å². The fraction of sp³-hybridized carbons (Fsp3) is 0.346. The molecule has 1 aliphatic carbocycles. The van der Waals surface area contributed by atoms with E-state index < -0.39 is 5.82 Å². The molecule has 8 heteroatoms. The van der Waals surface area contributed by atoms with E-state index in [0.29, 0.717) is 36.1 Å². The molecular weight excluding hydrogens is 433 g/mol. The third-order valence-electron chi connectivity index (χ3n) is 6.56. The molecule has 2 heterocycles. The van der Waals surface area contributed by atoms with E-state index in [4.69, 9.17) is 12.3 Å². The minimum absolute atomic E-state index is 0.0722. The van der Waals surface area contributed by atoms with Crippen LogP contribution in [-0.2, 0) is 6.42 Å². The first-order valence-electron chi connectivity index (χ1n) is 11.5. The van der Waals surface area contributed by atoms with Crippen LogP contribution in [-0.4, -0.2) is 51.2 Å². The highest BCUT2D eigenvalue weighted by Crippen LogP contribution is 2.40. The van der Waals surface area contributed by atoms with Gasteiger partial charge in [-0.2, -0.15) is 0 Å². The Bertz CT molecular complexity index is 1270. The molecule has 0 bridgehead atoms. The number of hydrogen-bond donors (Lipinski definition) is 2. The molecule has 0 spiro atoms. The number of imidazole rings is 1. The Morgan fingerprint density at radius 1 is 1.21 bits per heavy atom. The number of carbonyl (C=O) groups excluding carboxylic acids is 1. The lowest BCUT2D eigenvalue weighted by Gasteiger charge is -2.16. The molecule has 0 radical (unpaired) electrons. The zero-order chi connectivity index (χ0) is 23.8. The molecule has 0 unspecified atom stereocenters. The fourth-order valence-corrected chi connectivity index (χ4v) is 4.60. The van der Waals surface area contributed by atoms with E-state index in [2.05, 4.69) is 22.0 Å². The van der Waals surface area contributed by atoms with Gasteiger partial charge >= 0.3 is 0 Å². The van der Waals surface area contributed by atoms with Gasteiger partial charge in [0, 0.05) is 43.4 Å². The van der Waals surface area contributed by atoms with Gasteiger partial charge in [0.2, 0.25) is 5.69 Å². The van der Waals surface area contributed by atoms with Crippen LogP contribution >= 0.6 is 0 Å². The van der Waals surface area contributed by atoms with Crippen molar-refractivity contribution in [2.75, 3.05) is 19.7 Å². The zero-order valence-corrected chi connectivity index (χ0v) is 18.7. The van der Waals surface area contributed by atoms with Crippen molar-refractivity contribution in [3.8, 4) is 17.1 Å². The standard InChI is InChI=1S/C26H26FN5O2/c1-29-22-9-6-18(14-21(22)27)25-30-24(26(34)31-12-10-19(28)15-31)23(11-13-33)32(25)20-7-4-17(5-8-20)16-2-3-16/h4-9,14,16,19,33H,2-3,10-13,15,28H2/t19-/m0/s1. The van der Waals surface area contributed by atoms with Crippen LogP contribution in [0.5, 0.6) is 0 Å². The van der Waals surface area contributed by atoms with Crippen LogP contribution in [0.15, 0.2) is 42.5 Å². The van der Waals surface area contributed by atoms with Gasteiger partial charge in [0.25, 0.3) is 5.91 Å². The second-order valence-corrected chi connectivity index (χ2v) is 8.98. The van der Waals surface area contributed by atoms with Gasteiger partial charge in [-0.05, 0) is 48.9 Å². The fourth-order valence-electron chi connectivity index (χ4n) is 4.60. The maximum absolute atomic E-state index is 14.5. The maximum Gasteiger partial charge on any atom is 0.274 e. The first-order chi connectivity index (χ1) is 16.5. The summed E-state index contributed by atoms with van der Waals surface area (Å²) in [6.07, 6.45) is 3.31. The van der Waals surface area contributed by atoms with Gasteiger partial charge in [0.05, 0.1) is 12.3 Å². The van der Waals surface area contributed by atoms with E-state index >= 15 is 0 Å². The van der Waals surface area contributed by atoms with Crippen LogP contribution < -0.4 is 5.73 Å². The lowest BCUT2D eigenvalue weighted by Crippen LogP contribution is -2.32. The number of rotatable bonds is 6. The highest BCUT2D eigenvalue weighted by atomic mass is 19.1. The Balaban J connectivity index is 1.67. The number of aromatic nitrogens is 2. The summed E-state index contributed by atoms with van der Waals surface area (Å²) >= 11 is 0. The van der Waals surface area contributed by atoms with Crippen molar-refractivity contribution in [1.29, 1.82) is 0 Å². The molecule has 1 aromatic heterocycles. The van der Waals surface area contributed by atoms with Crippen molar-refractivity contribution in [2.24, 2.45) is 5.73 Å². The van der Waals surface area contributed by atoms with Gasteiger partial charge in [-0.25, -0.2) is 14.2 Å². The predicted octanol–water partition coefficient (Wildman–Crippen LogP) is 3.81. The average Bonchev–Trinajstić information content (AvgIpc) is 3.50. The molecule has 7 nitrogen and oxygen atoms in total. The van der Waals surface area contributed by atoms with Gasteiger partial charge in [-0.3, -0.25) is 9.36 Å². The number of benzene rings is 2. The second-order valence-electron chi connectivity index (χ2n) is 8.98. The van der Waals surface area contributed by atoms with Gasteiger partial charge in [0.15, 0.2) is 5.69 Å². The van der Waals surface area contributed by atoms with Crippen molar-refractivity contribution in [3.63, 3.8) is 0 Å². The number of hydrogen-bond acceptors (Lipinski definition) is 4. The number of halogens is 1. The van der Waals surface area contributed by atoms with Gasteiger partial charge in [0.1, 0.15) is 11.6 Å². The van der Waals surface area contributed by atoms with E-state index in [9.17, 15) is 14.3 Å². The predicted molar refractivity (Wildman–Crippen MR) is 126 cm³/mol. The van der Waals surface area contributed by atoms with Crippen LogP contribution in [0.4, 0.5) is 10.1 Å². The molecule has 5 rings (SSSR count). The molecule has 1 saturated heterocycles. The molecule has 174 valence electrons. The first-order valence-corrected chi connectivity index (χ1v) is 11.5. The Kier molecular flexibility index (Phi) is 5.90. The van der Waals surface area contributed by atoms with Crippen molar-refractivity contribution in [3.05, 3.63) is 76.7 Å². The smallest absolute Gasteiger partial charge is 0.274 e. The summed E-state index contributed by atoms with van der Waals surface area (Å²) in [4.78, 5) is 23.0. The second kappa shape index (κ2) is 9.01. The van der Waals surface area contributed by atoms with Crippen molar-refractivity contribution in [2.45, 2.75) is 37.6 Å². The SMILES string of the molecule is [C-]#[N+]c1ccc(-c2nc(C(=O)N3CC[C@H](N)C3)c(CCO)n2-c2ccc(C3CC3)cc2)cc1F. The molecule has 1 atom stereocenters. The zero-order valence-electron chi connectivity index (χ0n) is 18.7. The molecular formula is C26H26FN5O2. The quantitative estimate of drug-likeness (QED) is 0.549. The summed E-state index contributed by atoms with van der Waals surface area (Å²) in [5.74, 6) is 0.0994. The third-order valence-corrected chi connectivity index (χ3v) is 6.56. The summed E-state index contributed by atoms with van der Waals surface area (Å²) in [6, 6.07) is 12.3. The van der Waals surface area contributed by atoms with E-state index in [1.54, 1.807) is 11.0 Å². The summed E-state index contributed by atoms with van der Waals surface area (Å²) in [7, 11) is 0. The topological polar surface area (TPSA) is 88.7 Å².